The Morgan fingerprint density at radius 3 is 2.60 bits per heavy atom. The molecule has 0 unspecified atom stereocenters. The number of alkyl halides is 1. The molecule has 186 valence electrons. The molecule has 0 saturated heterocycles. The number of fused-ring (bicyclic) bond motifs is 1. The van der Waals surface area contributed by atoms with Gasteiger partial charge in [0, 0.05) is 4.70 Å². The zero-order valence-electron chi connectivity index (χ0n) is 19.4. The van der Waals surface area contributed by atoms with Gasteiger partial charge in [0.15, 0.2) is 0 Å². The first kappa shape index (κ1) is 26.6. The molecule has 1 heterocycles. The van der Waals surface area contributed by atoms with E-state index in [-0.39, 0.29) is 24.5 Å². The minimum atomic E-state index is -4.32. The maximum Gasteiger partial charge on any atom is 0.355 e. The van der Waals surface area contributed by atoms with Gasteiger partial charge < -0.3 is 14.0 Å². The van der Waals surface area contributed by atoms with Crippen LogP contribution in [-0.4, -0.2) is 31.2 Å². The van der Waals surface area contributed by atoms with Gasteiger partial charge >= 0.3 is 19.5 Å². The molecular formula is C25H27FNO6PS. The molecule has 0 aliphatic carbocycles. The van der Waals surface area contributed by atoms with Gasteiger partial charge in [0.1, 0.15) is 23.3 Å². The lowest BCUT2D eigenvalue weighted by Gasteiger charge is -2.26. The van der Waals surface area contributed by atoms with Crippen LogP contribution in [0, 0.1) is 0 Å². The number of para-hydroxylation sites is 1. The molecule has 7 nitrogen and oxygen atoms in total. The minimum absolute atomic E-state index is 0.0715. The zero-order chi connectivity index (χ0) is 25.4. The van der Waals surface area contributed by atoms with Crippen LogP contribution in [0.25, 0.3) is 10.1 Å². The topological polar surface area (TPSA) is 90.9 Å². The highest BCUT2D eigenvalue weighted by Crippen LogP contribution is 2.58. The van der Waals surface area contributed by atoms with Crippen LogP contribution in [0.4, 0.5) is 4.39 Å². The van der Waals surface area contributed by atoms with Crippen molar-refractivity contribution in [2.24, 2.45) is 0 Å². The third-order valence-corrected chi connectivity index (χ3v) is 8.03. The summed E-state index contributed by atoms with van der Waals surface area (Å²) >= 11 is 1.20. The second kappa shape index (κ2) is 12.1. The van der Waals surface area contributed by atoms with Gasteiger partial charge in [-0.2, -0.15) is 0 Å². The third kappa shape index (κ3) is 6.78. The molecule has 0 saturated carbocycles. The molecule has 10 heteroatoms. The summed E-state index contributed by atoms with van der Waals surface area (Å²) in [6.07, 6.45) is 2.08. The van der Waals surface area contributed by atoms with Crippen LogP contribution in [0.15, 0.2) is 67.3 Å². The summed E-state index contributed by atoms with van der Waals surface area (Å²) in [5.41, 5.74) is 0.0715. The molecule has 1 aromatic heterocycles. The molecule has 0 spiro atoms. The smallest absolute Gasteiger partial charge is 0.355 e. The summed E-state index contributed by atoms with van der Waals surface area (Å²) in [5.74, 6) is -3.09. The highest BCUT2D eigenvalue weighted by molar-refractivity contribution is 7.57. The van der Waals surface area contributed by atoms with E-state index in [1.807, 2.05) is 6.92 Å². The molecule has 2 aromatic carbocycles. The van der Waals surface area contributed by atoms with Crippen molar-refractivity contribution in [2.75, 3.05) is 13.2 Å². The van der Waals surface area contributed by atoms with Crippen molar-refractivity contribution < 1.29 is 32.5 Å². The summed E-state index contributed by atoms with van der Waals surface area (Å²) in [4.78, 5) is 24.8. The Hall–Kier alpha value is -3.00. The van der Waals surface area contributed by atoms with Crippen molar-refractivity contribution in [2.45, 2.75) is 32.2 Å². The van der Waals surface area contributed by atoms with E-state index in [4.69, 9.17) is 14.0 Å². The lowest BCUT2D eigenvalue weighted by Crippen LogP contribution is -2.35. The Morgan fingerprint density at radius 1 is 1.17 bits per heavy atom. The predicted octanol–water partition coefficient (Wildman–Crippen LogP) is 6.42. The fourth-order valence-corrected chi connectivity index (χ4v) is 5.99. The van der Waals surface area contributed by atoms with Crippen molar-refractivity contribution in [3.63, 3.8) is 0 Å². The van der Waals surface area contributed by atoms with Gasteiger partial charge in [-0.1, -0.05) is 43.8 Å². The Balaban J connectivity index is 1.91. The van der Waals surface area contributed by atoms with Crippen molar-refractivity contribution in [1.29, 1.82) is 0 Å². The van der Waals surface area contributed by atoms with Crippen LogP contribution in [0.3, 0.4) is 0 Å². The monoisotopic (exact) mass is 519 g/mol. The lowest BCUT2D eigenvalue weighted by atomic mass is 10.2. The summed E-state index contributed by atoms with van der Waals surface area (Å²) in [5, 5.41) is 3.13. The van der Waals surface area contributed by atoms with Gasteiger partial charge in [0.25, 0.3) is 0 Å². The SMILES string of the molecule is C=CCOC(=O)c1cc2cc([C@H](F)[P@](=O)(N[C@@H](C)C(=O)OCCC)Oc3ccccc3)ccc2s1. The number of carbonyl (C=O) groups excluding carboxylic acids is 2. The van der Waals surface area contributed by atoms with Gasteiger partial charge in [-0.25, -0.2) is 14.3 Å². The largest absolute Gasteiger partial charge is 0.465 e. The number of hydrogen-bond acceptors (Lipinski definition) is 7. The molecule has 0 bridgehead atoms. The summed E-state index contributed by atoms with van der Waals surface area (Å²) in [6, 6.07) is 13.3. The van der Waals surface area contributed by atoms with E-state index in [1.54, 1.807) is 42.5 Å². The van der Waals surface area contributed by atoms with Crippen LogP contribution in [0.5, 0.6) is 5.75 Å². The maximum atomic E-state index is 15.9. The van der Waals surface area contributed by atoms with E-state index in [0.29, 0.717) is 16.7 Å². The van der Waals surface area contributed by atoms with Gasteiger partial charge in [-0.3, -0.25) is 9.36 Å². The van der Waals surface area contributed by atoms with Gasteiger partial charge in [0.2, 0.25) is 5.91 Å². The maximum absolute atomic E-state index is 15.9. The van der Waals surface area contributed by atoms with Crippen LogP contribution < -0.4 is 9.61 Å². The normalized spacial score (nSPS) is 14.5. The first-order valence-corrected chi connectivity index (χ1v) is 13.5. The van der Waals surface area contributed by atoms with E-state index < -0.39 is 31.4 Å². The molecule has 0 radical (unpaired) electrons. The molecule has 0 fully saturated rings. The van der Waals surface area contributed by atoms with Crippen LogP contribution in [0.1, 0.15) is 41.4 Å². The fourth-order valence-electron chi connectivity index (χ4n) is 3.14. The van der Waals surface area contributed by atoms with Gasteiger partial charge in [0.05, 0.1) is 6.61 Å². The lowest BCUT2D eigenvalue weighted by molar-refractivity contribution is -0.145. The number of hydrogen-bond donors (Lipinski definition) is 1. The highest BCUT2D eigenvalue weighted by atomic mass is 32.1. The van der Waals surface area contributed by atoms with E-state index in [0.717, 1.165) is 4.70 Å². The minimum Gasteiger partial charge on any atom is -0.465 e. The average Bonchev–Trinajstić information content (AvgIpc) is 3.29. The number of thiophene rings is 1. The first-order chi connectivity index (χ1) is 16.8. The Morgan fingerprint density at radius 2 is 1.91 bits per heavy atom. The number of carbonyl (C=O) groups is 2. The van der Waals surface area contributed by atoms with Gasteiger partial charge in [-0.05, 0) is 54.6 Å². The molecule has 1 N–H and O–H groups in total. The summed E-state index contributed by atoms with van der Waals surface area (Å²) in [6.45, 7) is 7.07. The quantitative estimate of drug-likeness (QED) is 0.168. The number of rotatable bonds is 12. The second-order valence-electron chi connectivity index (χ2n) is 7.65. The Labute approximate surface area is 207 Å². The summed E-state index contributed by atoms with van der Waals surface area (Å²) in [7, 11) is -4.32. The molecule has 35 heavy (non-hydrogen) atoms. The zero-order valence-corrected chi connectivity index (χ0v) is 21.2. The Kier molecular flexibility index (Phi) is 9.20. The van der Waals surface area contributed by atoms with Crippen LogP contribution in [0.2, 0.25) is 0 Å². The van der Waals surface area contributed by atoms with Gasteiger partial charge in [-0.15, -0.1) is 11.3 Å². The van der Waals surface area contributed by atoms with Crippen molar-refractivity contribution in [1.82, 2.24) is 5.09 Å². The van der Waals surface area contributed by atoms with Crippen molar-refractivity contribution in [3.05, 3.63) is 77.7 Å². The van der Waals surface area contributed by atoms with Crippen LogP contribution in [-0.2, 0) is 18.8 Å². The van der Waals surface area contributed by atoms with E-state index >= 15 is 4.39 Å². The molecule has 3 atom stereocenters. The summed E-state index contributed by atoms with van der Waals surface area (Å²) < 4.78 is 46.3. The standard InChI is InChI=1S/C25H27FNO6PS/c1-4-13-31-24(28)17(3)27-34(30,33-20-9-7-6-8-10-20)23(26)18-11-12-21-19(15-18)16-22(35-21)25(29)32-14-5-2/h5-12,15-17,23H,2,4,13-14H2,1,3H3,(H,27,30)/t17-,23+,34+/m0/s1. The molecular weight excluding hydrogens is 492 g/mol. The molecule has 0 amide bonds. The Bertz CT molecular complexity index is 1230. The average molecular weight is 520 g/mol. The second-order valence-corrected chi connectivity index (χ2v) is 10.8. The molecule has 0 aliphatic heterocycles. The first-order valence-electron chi connectivity index (χ1n) is 11.0. The molecule has 3 rings (SSSR count). The fraction of sp³-hybridized carbons (Fsp3) is 0.280. The number of esters is 2. The highest BCUT2D eigenvalue weighted by Gasteiger charge is 2.40. The van der Waals surface area contributed by atoms with E-state index in [1.165, 1.54) is 36.5 Å². The third-order valence-electron chi connectivity index (χ3n) is 4.81. The predicted molar refractivity (Wildman–Crippen MR) is 135 cm³/mol. The number of benzene rings is 2. The van der Waals surface area contributed by atoms with Crippen LogP contribution >= 0.6 is 18.9 Å². The number of halogens is 1. The number of ether oxygens (including phenoxy) is 2. The molecule has 3 aromatic rings. The van der Waals surface area contributed by atoms with Crippen molar-refractivity contribution in [3.8, 4) is 5.75 Å². The molecule has 0 aliphatic rings. The number of nitrogens with one attached hydrogen (secondary N) is 1. The van der Waals surface area contributed by atoms with E-state index in [2.05, 4.69) is 11.7 Å². The van der Waals surface area contributed by atoms with Crippen molar-refractivity contribution >= 4 is 40.9 Å². The van der Waals surface area contributed by atoms with E-state index in [9.17, 15) is 14.2 Å².